The quantitative estimate of drug-likeness (QED) is 0.848. The van der Waals surface area contributed by atoms with Crippen LogP contribution in [0.4, 0.5) is 0 Å². The number of hydrogen-bond acceptors (Lipinski definition) is 2. The lowest BCUT2D eigenvalue weighted by Crippen LogP contribution is -2.41. The summed E-state index contributed by atoms with van der Waals surface area (Å²) in [7, 11) is 0. The third kappa shape index (κ3) is 1.96. The molecule has 2 fully saturated rings. The summed E-state index contributed by atoms with van der Waals surface area (Å²) in [6, 6.07) is 8.40. The number of carbonyl (C=O) groups is 1. The summed E-state index contributed by atoms with van der Waals surface area (Å²) in [6.07, 6.45) is 4.02. The van der Waals surface area contributed by atoms with Gasteiger partial charge in [-0.1, -0.05) is 30.7 Å². The van der Waals surface area contributed by atoms with Crippen LogP contribution < -0.4 is 5.32 Å². The molecule has 1 amide bonds. The van der Waals surface area contributed by atoms with Gasteiger partial charge in [0, 0.05) is 26.2 Å². The minimum absolute atomic E-state index is 0.0266. The second kappa shape index (κ2) is 4.88. The van der Waals surface area contributed by atoms with Crippen LogP contribution in [0.2, 0.25) is 0 Å². The van der Waals surface area contributed by atoms with Crippen LogP contribution in [-0.4, -0.2) is 30.4 Å². The molecule has 20 heavy (non-hydrogen) atoms. The fourth-order valence-electron chi connectivity index (χ4n) is 4.35. The molecule has 1 saturated heterocycles. The third-order valence-electron chi connectivity index (χ3n) is 5.43. The van der Waals surface area contributed by atoms with E-state index in [4.69, 9.17) is 0 Å². The van der Waals surface area contributed by atoms with Crippen molar-refractivity contribution in [3.63, 3.8) is 0 Å². The summed E-state index contributed by atoms with van der Waals surface area (Å²) in [5.41, 5.74) is 2.53. The fraction of sp³-hybridized carbons (Fsp3) is 0.588. The maximum absolute atomic E-state index is 12.9. The Morgan fingerprint density at radius 1 is 1.15 bits per heavy atom. The summed E-state index contributed by atoms with van der Waals surface area (Å²) < 4.78 is 0. The highest BCUT2D eigenvalue weighted by Crippen LogP contribution is 2.39. The Kier molecular flexibility index (Phi) is 3.03. The predicted molar refractivity (Wildman–Crippen MR) is 78.3 cm³/mol. The van der Waals surface area contributed by atoms with Gasteiger partial charge in [-0.25, -0.2) is 0 Å². The molecule has 0 radical (unpaired) electrons. The lowest BCUT2D eigenvalue weighted by molar-refractivity contribution is -0.132. The third-order valence-corrected chi connectivity index (χ3v) is 5.43. The number of carbonyl (C=O) groups excluding carboxylic acids is 1. The topological polar surface area (TPSA) is 32.3 Å². The first kappa shape index (κ1) is 12.4. The first-order valence-corrected chi connectivity index (χ1v) is 7.90. The molecule has 2 heterocycles. The number of amides is 1. The van der Waals surface area contributed by atoms with Gasteiger partial charge in [0.05, 0.1) is 5.92 Å². The van der Waals surface area contributed by atoms with E-state index in [-0.39, 0.29) is 5.92 Å². The maximum atomic E-state index is 12.9. The van der Waals surface area contributed by atoms with E-state index in [1.807, 2.05) is 0 Å². The molecule has 106 valence electrons. The van der Waals surface area contributed by atoms with Gasteiger partial charge in [0.2, 0.25) is 5.91 Å². The van der Waals surface area contributed by atoms with Gasteiger partial charge >= 0.3 is 0 Å². The molecule has 1 N–H and O–H groups in total. The number of benzene rings is 1. The Bertz CT molecular complexity index is 515. The second-order valence-electron chi connectivity index (χ2n) is 6.58. The highest BCUT2D eigenvalue weighted by molar-refractivity contribution is 5.85. The molecule has 3 atom stereocenters. The second-order valence-corrected chi connectivity index (χ2v) is 6.58. The van der Waals surface area contributed by atoms with Crippen LogP contribution >= 0.6 is 0 Å². The van der Waals surface area contributed by atoms with Crippen molar-refractivity contribution in [2.75, 3.05) is 19.6 Å². The van der Waals surface area contributed by atoms with Crippen molar-refractivity contribution in [3.8, 4) is 0 Å². The Hall–Kier alpha value is -1.35. The maximum Gasteiger partial charge on any atom is 0.231 e. The van der Waals surface area contributed by atoms with Gasteiger partial charge in [-0.05, 0) is 35.8 Å². The first-order valence-electron chi connectivity index (χ1n) is 7.90. The molecule has 4 rings (SSSR count). The van der Waals surface area contributed by atoms with Gasteiger partial charge in [0.25, 0.3) is 0 Å². The monoisotopic (exact) mass is 270 g/mol. The molecule has 2 aliphatic heterocycles. The number of rotatable bonds is 1. The Balaban J connectivity index is 1.55. The normalized spacial score (nSPS) is 32.0. The Morgan fingerprint density at radius 3 is 2.70 bits per heavy atom. The van der Waals surface area contributed by atoms with Crippen molar-refractivity contribution >= 4 is 5.91 Å². The van der Waals surface area contributed by atoms with Crippen molar-refractivity contribution < 1.29 is 4.79 Å². The molecule has 0 bridgehead atoms. The van der Waals surface area contributed by atoms with Gasteiger partial charge in [0.1, 0.15) is 0 Å². The number of nitrogens with zero attached hydrogens (tertiary/aromatic N) is 1. The average Bonchev–Trinajstić information content (AvgIpc) is 3.07. The molecule has 1 aromatic rings. The van der Waals surface area contributed by atoms with Crippen LogP contribution in [0.25, 0.3) is 0 Å². The van der Waals surface area contributed by atoms with Gasteiger partial charge in [-0.15, -0.1) is 0 Å². The molecule has 3 unspecified atom stereocenters. The number of nitrogens with one attached hydrogen (secondary N) is 1. The SMILES string of the molecule is O=C(C1CNCc2ccccc21)N1CC2CCCC2C1. The van der Waals surface area contributed by atoms with Gasteiger partial charge in [0.15, 0.2) is 0 Å². The highest BCUT2D eigenvalue weighted by Gasteiger charge is 2.40. The molecule has 0 spiro atoms. The lowest BCUT2D eigenvalue weighted by Gasteiger charge is -2.29. The van der Waals surface area contributed by atoms with Crippen LogP contribution in [-0.2, 0) is 11.3 Å². The molecular weight excluding hydrogens is 248 g/mol. The zero-order chi connectivity index (χ0) is 13.5. The summed E-state index contributed by atoms with van der Waals surface area (Å²) in [6.45, 7) is 3.69. The molecule has 1 aromatic carbocycles. The molecule has 3 nitrogen and oxygen atoms in total. The van der Waals surface area contributed by atoms with E-state index in [9.17, 15) is 4.79 Å². The summed E-state index contributed by atoms with van der Waals surface area (Å²) in [4.78, 5) is 15.0. The predicted octanol–water partition coefficient (Wildman–Crippen LogP) is 2.13. The van der Waals surface area contributed by atoms with E-state index in [0.29, 0.717) is 5.91 Å². The molecule has 3 heteroatoms. The van der Waals surface area contributed by atoms with Crippen molar-refractivity contribution in [2.45, 2.75) is 31.7 Å². The summed E-state index contributed by atoms with van der Waals surface area (Å²) in [5, 5.41) is 3.40. The number of hydrogen-bond donors (Lipinski definition) is 1. The van der Waals surface area contributed by atoms with Gasteiger partial charge in [-0.2, -0.15) is 0 Å². The fourth-order valence-corrected chi connectivity index (χ4v) is 4.35. The summed E-state index contributed by atoms with van der Waals surface area (Å²) >= 11 is 0. The first-order chi connectivity index (χ1) is 9.83. The highest BCUT2D eigenvalue weighted by atomic mass is 16.2. The molecule has 3 aliphatic rings. The van der Waals surface area contributed by atoms with Crippen LogP contribution in [0.15, 0.2) is 24.3 Å². The lowest BCUT2D eigenvalue weighted by atomic mass is 9.90. The number of fused-ring (bicyclic) bond motifs is 2. The standard InChI is InChI=1S/C17H22N2O/c20-17(19-10-13-5-3-6-14(13)11-19)16-9-18-8-12-4-1-2-7-15(12)16/h1-2,4,7,13-14,16,18H,3,5-6,8-11H2. The van der Waals surface area contributed by atoms with Crippen LogP contribution in [0.3, 0.4) is 0 Å². The van der Waals surface area contributed by atoms with E-state index in [2.05, 4.69) is 34.5 Å². The summed E-state index contributed by atoms with van der Waals surface area (Å²) in [5.74, 6) is 1.94. The van der Waals surface area contributed by atoms with Crippen molar-refractivity contribution in [2.24, 2.45) is 11.8 Å². The molecule has 1 saturated carbocycles. The van der Waals surface area contributed by atoms with Gasteiger partial charge in [-0.3, -0.25) is 4.79 Å². The van der Waals surface area contributed by atoms with Crippen LogP contribution in [0.5, 0.6) is 0 Å². The minimum Gasteiger partial charge on any atom is -0.342 e. The smallest absolute Gasteiger partial charge is 0.231 e. The van der Waals surface area contributed by atoms with Crippen molar-refractivity contribution in [3.05, 3.63) is 35.4 Å². The minimum atomic E-state index is 0.0266. The largest absolute Gasteiger partial charge is 0.342 e. The van der Waals surface area contributed by atoms with E-state index >= 15 is 0 Å². The Morgan fingerprint density at radius 2 is 1.90 bits per heavy atom. The number of likely N-dealkylation sites (tertiary alicyclic amines) is 1. The van der Waals surface area contributed by atoms with Crippen molar-refractivity contribution in [1.29, 1.82) is 0 Å². The molecule has 1 aliphatic carbocycles. The van der Waals surface area contributed by atoms with E-state index in [0.717, 1.165) is 38.0 Å². The zero-order valence-electron chi connectivity index (χ0n) is 11.8. The van der Waals surface area contributed by atoms with E-state index < -0.39 is 0 Å². The average molecular weight is 270 g/mol. The van der Waals surface area contributed by atoms with Crippen LogP contribution in [0.1, 0.15) is 36.3 Å². The zero-order valence-corrected chi connectivity index (χ0v) is 11.8. The molecular formula is C17H22N2O. The van der Waals surface area contributed by atoms with E-state index in [1.54, 1.807) is 0 Å². The van der Waals surface area contributed by atoms with E-state index in [1.165, 1.54) is 30.4 Å². The van der Waals surface area contributed by atoms with Crippen LogP contribution in [0, 0.1) is 11.8 Å². The molecule has 0 aromatic heterocycles. The van der Waals surface area contributed by atoms with Crippen molar-refractivity contribution in [1.82, 2.24) is 10.2 Å². The van der Waals surface area contributed by atoms with Gasteiger partial charge < -0.3 is 10.2 Å². The Labute approximate surface area is 120 Å².